The maximum Gasteiger partial charge on any atom is 0.338 e. The first kappa shape index (κ1) is 52.4. The molecule has 0 unspecified atom stereocenters. The summed E-state index contributed by atoms with van der Waals surface area (Å²) in [6.07, 6.45) is 0. The minimum atomic E-state index is -0.268. The molecule has 18 aromatic rings. The predicted octanol–water partition coefficient (Wildman–Crippen LogP) is 17.5. The summed E-state index contributed by atoms with van der Waals surface area (Å²) in [4.78, 5) is 45.0. The monoisotopic (exact) mass is 1180 g/mol. The van der Waals surface area contributed by atoms with Gasteiger partial charge in [-0.2, -0.15) is 0 Å². The van der Waals surface area contributed by atoms with E-state index in [1.54, 1.807) is 27.4 Å². The number of benzene rings is 13. The summed E-state index contributed by atoms with van der Waals surface area (Å²) >= 11 is 0. The minimum Gasteiger partial charge on any atom is -0.309 e. The Bertz CT molecular complexity index is 5740. The third kappa shape index (κ3) is 8.05. The van der Waals surface area contributed by atoms with Gasteiger partial charge in [-0.05, 0) is 180 Å². The normalized spacial score (nSPS) is 11.8. The Morgan fingerprint density at radius 1 is 0.152 bits per heavy atom. The van der Waals surface area contributed by atoms with E-state index in [1.807, 2.05) is 146 Å². The second-order valence-electron chi connectivity index (χ2n) is 23.3. The topological polar surface area (TPSA) is 90.7 Å². The van der Waals surface area contributed by atoms with E-state index < -0.39 is 0 Å². The van der Waals surface area contributed by atoms with Crippen molar-refractivity contribution in [3.63, 3.8) is 0 Å². The number of imidazole rings is 3. The number of hydrogen-bond acceptors (Lipinski definition) is 3. The maximum atomic E-state index is 15.0. The van der Waals surface area contributed by atoms with Gasteiger partial charge in [0.05, 0.1) is 89.3 Å². The number of aromatic nitrogens is 8. The van der Waals surface area contributed by atoms with Crippen LogP contribution in [0.15, 0.2) is 330 Å². The van der Waals surface area contributed by atoms with Gasteiger partial charge in [0.2, 0.25) is 0 Å². The minimum absolute atomic E-state index is 0.220. The van der Waals surface area contributed by atoms with Crippen LogP contribution in [-0.2, 0) is 0 Å². The van der Waals surface area contributed by atoms with E-state index in [4.69, 9.17) is 0 Å². The molecule has 92 heavy (non-hydrogen) atoms. The van der Waals surface area contributed by atoms with Crippen molar-refractivity contribution < 1.29 is 0 Å². The summed E-state index contributed by atoms with van der Waals surface area (Å²) in [5.41, 5.74) is 18.5. The third-order valence-corrected chi connectivity index (χ3v) is 18.2. The molecule has 0 saturated carbocycles. The van der Waals surface area contributed by atoms with E-state index in [0.29, 0.717) is 33.8 Å². The Kier molecular flexibility index (Phi) is 11.8. The molecular formula is C81H52N8O3. The Hall–Kier alpha value is -12.7. The van der Waals surface area contributed by atoms with Crippen molar-refractivity contribution in [2.45, 2.75) is 0 Å². The zero-order chi connectivity index (χ0) is 61.1. The summed E-state index contributed by atoms with van der Waals surface area (Å²) < 4.78 is 15.0. The van der Waals surface area contributed by atoms with Gasteiger partial charge >= 0.3 is 17.1 Å². The van der Waals surface area contributed by atoms with Gasteiger partial charge in [0.1, 0.15) is 0 Å². The fraction of sp³-hybridized carbons (Fsp3) is 0. The summed E-state index contributed by atoms with van der Waals surface area (Å²) in [5, 5.41) is 4.81. The molecule has 0 bridgehead atoms. The smallest absolute Gasteiger partial charge is 0.309 e. The van der Waals surface area contributed by atoms with Gasteiger partial charge in [-0.15, -0.1) is 0 Å². The largest absolute Gasteiger partial charge is 0.338 e. The third-order valence-electron chi connectivity index (χ3n) is 18.2. The summed E-state index contributed by atoms with van der Waals surface area (Å²) in [5.74, 6) is 0. The van der Waals surface area contributed by atoms with E-state index in [9.17, 15) is 0 Å². The molecule has 0 saturated heterocycles. The van der Waals surface area contributed by atoms with Crippen molar-refractivity contribution in [3.05, 3.63) is 347 Å². The molecule has 0 spiro atoms. The van der Waals surface area contributed by atoms with E-state index >= 15 is 14.4 Å². The number of para-hydroxylation sites is 10. The Morgan fingerprint density at radius 3 is 0.565 bits per heavy atom. The van der Waals surface area contributed by atoms with Crippen LogP contribution in [-0.4, -0.2) is 36.5 Å². The first-order valence-electron chi connectivity index (χ1n) is 30.7. The van der Waals surface area contributed by atoms with Crippen LogP contribution in [0.3, 0.4) is 0 Å². The highest BCUT2D eigenvalue weighted by Gasteiger charge is 2.22. The molecule has 0 aliphatic heterocycles. The second kappa shape index (κ2) is 20.7. The van der Waals surface area contributed by atoms with Gasteiger partial charge in [-0.25, -0.2) is 14.4 Å². The number of fused-ring (bicyclic) bond motifs is 9. The molecule has 11 nitrogen and oxygen atoms in total. The average Bonchev–Trinajstić information content (AvgIpc) is 1.65. The molecule has 18 rings (SSSR count). The molecule has 0 N–H and O–H groups in total. The van der Waals surface area contributed by atoms with E-state index in [1.165, 1.54) is 21.5 Å². The van der Waals surface area contributed by atoms with Gasteiger partial charge in [0.15, 0.2) is 0 Å². The molecule has 0 aliphatic rings. The van der Waals surface area contributed by atoms with Crippen molar-refractivity contribution in [3.8, 4) is 67.8 Å². The van der Waals surface area contributed by atoms with Gasteiger partial charge in [-0.1, -0.05) is 158 Å². The van der Waals surface area contributed by atoms with E-state index in [0.717, 1.165) is 89.1 Å². The second-order valence-corrected chi connectivity index (χ2v) is 23.3. The fourth-order valence-corrected chi connectivity index (χ4v) is 14.1. The standard InChI is InChI=1S/C81H52N8O3/c90-79-84(57-41-45-59(46-42-57)86-75-37-11-13-39-77(75)88(80(86)91)63-25-17-21-55(51-63)53-19-15-23-61(49-53)82-69-31-5-1-27-65(69)66-28-2-6-32-70(66)82)73-35-9-10-36-74(73)85(79)58-43-47-60(48-44-58)87-76-38-12-14-40-78(76)89(81(87)92)64-26-18-22-56(52-64)54-20-16-24-62(50-54)83-71-33-7-3-29-67(71)68-30-4-8-34-72(68)83/h1-52H. The van der Waals surface area contributed by atoms with Gasteiger partial charge in [0.25, 0.3) is 0 Å². The summed E-state index contributed by atoms with van der Waals surface area (Å²) in [6, 6.07) is 106. The Labute approximate surface area is 525 Å². The SMILES string of the molecule is O=c1n(-c2ccc(-n3c(=O)n(-c4cccc(-c5cccc(-n6c7ccccc7c7ccccc76)c5)c4)c4ccccc43)cc2)c2ccccc2n1-c1ccc(-n2c(=O)n(-c3cccc(-c4cccc(-n5c6ccccc6c6ccccc65)c4)c3)c3ccccc32)cc1. The van der Waals surface area contributed by atoms with Gasteiger partial charge in [-0.3, -0.25) is 27.4 Å². The van der Waals surface area contributed by atoms with Crippen LogP contribution in [0.2, 0.25) is 0 Å². The van der Waals surface area contributed by atoms with Gasteiger partial charge < -0.3 is 9.13 Å². The van der Waals surface area contributed by atoms with Crippen molar-refractivity contribution in [1.82, 2.24) is 36.5 Å². The highest BCUT2D eigenvalue weighted by Crippen LogP contribution is 2.37. The predicted molar refractivity (Wildman–Crippen MR) is 373 cm³/mol. The van der Waals surface area contributed by atoms with Crippen molar-refractivity contribution in [2.24, 2.45) is 0 Å². The molecule has 0 atom stereocenters. The lowest BCUT2D eigenvalue weighted by Gasteiger charge is -2.11. The lowest BCUT2D eigenvalue weighted by atomic mass is 10.0. The highest BCUT2D eigenvalue weighted by atomic mass is 16.2. The molecule has 11 heteroatoms. The average molecular weight is 1190 g/mol. The zero-order valence-electron chi connectivity index (χ0n) is 49.3. The summed E-state index contributed by atoms with van der Waals surface area (Å²) in [6.45, 7) is 0. The molecule has 13 aromatic carbocycles. The Morgan fingerprint density at radius 2 is 0.337 bits per heavy atom. The molecule has 434 valence electrons. The number of hydrogen-bond donors (Lipinski definition) is 0. The van der Waals surface area contributed by atoms with Crippen molar-refractivity contribution in [2.75, 3.05) is 0 Å². The van der Waals surface area contributed by atoms with Crippen LogP contribution >= 0.6 is 0 Å². The molecule has 5 heterocycles. The van der Waals surface area contributed by atoms with Crippen LogP contribution in [0.1, 0.15) is 0 Å². The highest BCUT2D eigenvalue weighted by molar-refractivity contribution is 6.10. The van der Waals surface area contributed by atoms with E-state index in [2.05, 4.69) is 179 Å². The lowest BCUT2D eigenvalue weighted by Crippen LogP contribution is -2.23. The van der Waals surface area contributed by atoms with Crippen LogP contribution < -0.4 is 17.1 Å². The maximum absolute atomic E-state index is 15.0. The summed E-state index contributed by atoms with van der Waals surface area (Å²) in [7, 11) is 0. The van der Waals surface area contributed by atoms with Crippen molar-refractivity contribution >= 4 is 76.7 Å². The molecule has 0 amide bonds. The molecule has 0 radical (unpaired) electrons. The molecule has 0 fully saturated rings. The van der Waals surface area contributed by atoms with E-state index in [-0.39, 0.29) is 17.1 Å². The first-order valence-corrected chi connectivity index (χ1v) is 30.7. The molecular weight excluding hydrogens is 1130 g/mol. The quantitative estimate of drug-likeness (QED) is 0.137. The first-order chi connectivity index (χ1) is 45.4. The van der Waals surface area contributed by atoms with Gasteiger partial charge in [0, 0.05) is 32.9 Å². The zero-order valence-corrected chi connectivity index (χ0v) is 49.3. The molecule has 0 aliphatic carbocycles. The Balaban J connectivity index is 0.661. The number of rotatable bonds is 10. The fourth-order valence-electron chi connectivity index (χ4n) is 14.1. The number of nitrogens with zero attached hydrogens (tertiary/aromatic N) is 8. The molecule has 5 aromatic heterocycles. The van der Waals surface area contributed by atoms with Crippen molar-refractivity contribution in [1.29, 1.82) is 0 Å². The van der Waals surface area contributed by atoms with Crippen LogP contribution in [0.5, 0.6) is 0 Å². The van der Waals surface area contributed by atoms with Crippen LogP contribution in [0.4, 0.5) is 0 Å². The van der Waals surface area contributed by atoms with Crippen LogP contribution in [0, 0.1) is 0 Å². The lowest BCUT2D eigenvalue weighted by molar-refractivity contribution is 0.915. The van der Waals surface area contributed by atoms with Crippen LogP contribution in [0.25, 0.3) is 144 Å².